The smallest absolute Gasteiger partial charge is 0.289 e. The normalized spacial score (nSPS) is 15.1. The van der Waals surface area contributed by atoms with Gasteiger partial charge in [-0.2, -0.15) is 0 Å². The summed E-state index contributed by atoms with van der Waals surface area (Å²) in [5.74, 6) is 0.531. The monoisotopic (exact) mass is 259 g/mol. The van der Waals surface area contributed by atoms with Gasteiger partial charge >= 0.3 is 0 Å². The largest absolute Gasteiger partial charge is 0.366 e. The molecule has 1 aliphatic rings. The molecule has 0 aliphatic carbocycles. The molecule has 19 heavy (non-hydrogen) atoms. The standard InChI is InChI=1S/C15H21N3O/c1-2-18(12-13-8-4-3-5-9-13)15(19)14-16-10-6-7-11-17-14/h3-5,8-9H,2,6-7,10-12H2,1H3,(H,16,17). The van der Waals surface area contributed by atoms with Crippen molar-refractivity contribution in [2.45, 2.75) is 26.3 Å². The summed E-state index contributed by atoms with van der Waals surface area (Å²) in [7, 11) is 0. The molecule has 0 unspecified atom stereocenters. The number of amides is 1. The predicted octanol–water partition coefficient (Wildman–Crippen LogP) is 1.82. The van der Waals surface area contributed by atoms with Gasteiger partial charge in [-0.25, -0.2) is 0 Å². The van der Waals surface area contributed by atoms with E-state index < -0.39 is 0 Å². The van der Waals surface area contributed by atoms with Gasteiger partial charge in [0.05, 0.1) is 0 Å². The molecule has 0 aromatic heterocycles. The molecule has 4 heteroatoms. The molecule has 0 radical (unpaired) electrons. The Hall–Kier alpha value is -1.84. The molecule has 1 amide bonds. The maximum Gasteiger partial charge on any atom is 0.289 e. The summed E-state index contributed by atoms with van der Waals surface area (Å²) in [5, 5.41) is 3.14. The van der Waals surface area contributed by atoms with Gasteiger partial charge in [-0.05, 0) is 25.3 Å². The molecule has 0 saturated carbocycles. The van der Waals surface area contributed by atoms with Crippen LogP contribution in [0.5, 0.6) is 0 Å². The highest BCUT2D eigenvalue weighted by Crippen LogP contribution is 2.06. The fraction of sp³-hybridized carbons (Fsp3) is 0.467. The third-order valence-corrected chi connectivity index (χ3v) is 3.24. The molecule has 1 aliphatic heterocycles. The van der Waals surface area contributed by atoms with Crippen molar-refractivity contribution in [1.29, 1.82) is 0 Å². The van der Waals surface area contributed by atoms with E-state index in [0.29, 0.717) is 18.9 Å². The SMILES string of the molecule is CCN(Cc1ccccc1)C(=O)C1=NCCCCN1. The highest BCUT2D eigenvalue weighted by Gasteiger charge is 2.19. The van der Waals surface area contributed by atoms with Crippen LogP contribution in [-0.4, -0.2) is 36.3 Å². The molecule has 4 nitrogen and oxygen atoms in total. The minimum atomic E-state index is 0.00764. The van der Waals surface area contributed by atoms with Gasteiger partial charge in [0.2, 0.25) is 0 Å². The van der Waals surface area contributed by atoms with E-state index >= 15 is 0 Å². The maximum atomic E-state index is 12.4. The van der Waals surface area contributed by atoms with Crippen LogP contribution in [0, 0.1) is 0 Å². The van der Waals surface area contributed by atoms with Gasteiger partial charge in [0.25, 0.3) is 5.91 Å². The van der Waals surface area contributed by atoms with Crippen molar-refractivity contribution in [3.8, 4) is 0 Å². The number of nitrogens with one attached hydrogen (secondary N) is 1. The van der Waals surface area contributed by atoms with Gasteiger partial charge < -0.3 is 10.2 Å². The molecule has 0 saturated heterocycles. The Morgan fingerprint density at radius 3 is 2.84 bits per heavy atom. The number of carbonyl (C=O) groups excluding carboxylic acids is 1. The van der Waals surface area contributed by atoms with Crippen LogP contribution >= 0.6 is 0 Å². The zero-order valence-corrected chi connectivity index (χ0v) is 11.4. The fourth-order valence-corrected chi connectivity index (χ4v) is 2.11. The van der Waals surface area contributed by atoms with E-state index in [0.717, 1.165) is 31.5 Å². The van der Waals surface area contributed by atoms with Crippen LogP contribution < -0.4 is 5.32 Å². The van der Waals surface area contributed by atoms with Gasteiger partial charge in [-0.1, -0.05) is 30.3 Å². The summed E-state index contributed by atoms with van der Waals surface area (Å²) in [4.78, 5) is 18.6. The van der Waals surface area contributed by atoms with Crippen molar-refractivity contribution >= 4 is 11.7 Å². The molecule has 1 heterocycles. The van der Waals surface area contributed by atoms with E-state index in [-0.39, 0.29) is 5.91 Å². The Bertz CT molecular complexity index is 442. The highest BCUT2D eigenvalue weighted by molar-refractivity contribution is 6.37. The Morgan fingerprint density at radius 1 is 1.32 bits per heavy atom. The zero-order chi connectivity index (χ0) is 13.5. The van der Waals surface area contributed by atoms with E-state index in [9.17, 15) is 4.79 Å². The first-order valence-electron chi connectivity index (χ1n) is 6.92. The second-order valence-corrected chi connectivity index (χ2v) is 4.67. The lowest BCUT2D eigenvalue weighted by Gasteiger charge is -2.21. The number of nitrogens with zero attached hydrogens (tertiary/aromatic N) is 2. The second-order valence-electron chi connectivity index (χ2n) is 4.67. The van der Waals surface area contributed by atoms with Crippen LogP contribution in [0.1, 0.15) is 25.3 Å². The molecule has 1 N–H and O–H groups in total. The predicted molar refractivity (Wildman–Crippen MR) is 77.1 cm³/mol. The summed E-state index contributed by atoms with van der Waals surface area (Å²) in [6.07, 6.45) is 2.12. The van der Waals surface area contributed by atoms with Crippen molar-refractivity contribution in [2.75, 3.05) is 19.6 Å². The number of likely N-dealkylation sites (N-methyl/N-ethyl adjacent to an activating group) is 1. The summed E-state index contributed by atoms with van der Waals surface area (Å²) in [6, 6.07) is 10.1. The molecule has 1 aromatic carbocycles. The van der Waals surface area contributed by atoms with Crippen LogP contribution in [0.15, 0.2) is 35.3 Å². The Balaban J connectivity index is 2.04. The fourth-order valence-electron chi connectivity index (χ4n) is 2.11. The lowest BCUT2D eigenvalue weighted by molar-refractivity contribution is -0.124. The van der Waals surface area contributed by atoms with Gasteiger partial charge in [0.15, 0.2) is 5.84 Å². The first-order chi connectivity index (χ1) is 9.31. The van der Waals surface area contributed by atoms with Gasteiger partial charge in [-0.3, -0.25) is 9.79 Å². The number of aliphatic imine (C=N–C) groups is 1. The minimum absolute atomic E-state index is 0.00764. The molecule has 0 fully saturated rings. The van der Waals surface area contributed by atoms with Gasteiger partial charge in [0, 0.05) is 26.2 Å². The molecule has 0 bridgehead atoms. The van der Waals surface area contributed by atoms with E-state index in [1.165, 1.54) is 0 Å². The van der Waals surface area contributed by atoms with Crippen molar-refractivity contribution < 1.29 is 4.79 Å². The first-order valence-corrected chi connectivity index (χ1v) is 6.92. The van der Waals surface area contributed by atoms with Crippen LogP contribution in [0.4, 0.5) is 0 Å². The number of hydrogen-bond donors (Lipinski definition) is 1. The quantitative estimate of drug-likeness (QED) is 0.896. The molecular formula is C15H21N3O. The summed E-state index contributed by atoms with van der Waals surface area (Å²) < 4.78 is 0. The number of hydrogen-bond acceptors (Lipinski definition) is 3. The maximum absolute atomic E-state index is 12.4. The molecule has 102 valence electrons. The average molecular weight is 259 g/mol. The Morgan fingerprint density at radius 2 is 2.11 bits per heavy atom. The van der Waals surface area contributed by atoms with E-state index in [1.54, 1.807) is 0 Å². The third kappa shape index (κ3) is 3.81. The van der Waals surface area contributed by atoms with E-state index in [4.69, 9.17) is 0 Å². The number of amidine groups is 1. The molecule has 1 aromatic rings. The van der Waals surface area contributed by atoms with Crippen LogP contribution in [-0.2, 0) is 11.3 Å². The Kier molecular flexibility index (Phi) is 4.95. The van der Waals surface area contributed by atoms with Crippen molar-refractivity contribution in [3.05, 3.63) is 35.9 Å². The third-order valence-electron chi connectivity index (χ3n) is 3.24. The minimum Gasteiger partial charge on any atom is -0.366 e. The van der Waals surface area contributed by atoms with E-state index in [1.807, 2.05) is 42.2 Å². The van der Waals surface area contributed by atoms with E-state index in [2.05, 4.69) is 10.3 Å². The average Bonchev–Trinajstić information content (AvgIpc) is 2.74. The number of benzene rings is 1. The second kappa shape index (κ2) is 6.92. The zero-order valence-electron chi connectivity index (χ0n) is 11.4. The molecule has 0 atom stereocenters. The lowest BCUT2D eigenvalue weighted by Crippen LogP contribution is -2.42. The highest BCUT2D eigenvalue weighted by atomic mass is 16.2. The first kappa shape index (κ1) is 13.6. The molecular weight excluding hydrogens is 238 g/mol. The van der Waals surface area contributed by atoms with Crippen LogP contribution in [0.25, 0.3) is 0 Å². The molecule has 0 spiro atoms. The van der Waals surface area contributed by atoms with Crippen molar-refractivity contribution in [3.63, 3.8) is 0 Å². The van der Waals surface area contributed by atoms with Crippen molar-refractivity contribution in [2.24, 2.45) is 4.99 Å². The summed E-state index contributed by atoms with van der Waals surface area (Å²) in [6.45, 7) is 4.91. The summed E-state index contributed by atoms with van der Waals surface area (Å²) in [5.41, 5.74) is 1.15. The van der Waals surface area contributed by atoms with Gasteiger partial charge in [0.1, 0.15) is 0 Å². The summed E-state index contributed by atoms with van der Waals surface area (Å²) >= 11 is 0. The topological polar surface area (TPSA) is 44.7 Å². The van der Waals surface area contributed by atoms with Crippen molar-refractivity contribution in [1.82, 2.24) is 10.2 Å². The number of rotatable bonds is 4. The Labute approximate surface area is 114 Å². The van der Waals surface area contributed by atoms with Crippen LogP contribution in [0.2, 0.25) is 0 Å². The molecule has 2 rings (SSSR count). The number of carbonyl (C=O) groups is 1. The lowest BCUT2D eigenvalue weighted by atomic mass is 10.2. The van der Waals surface area contributed by atoms with Gasteiger partial charge in [-0.15, -0.1) is 0 Å². The van der Waals surface area contributed by atoms with Crippen LogP contribution in [0.3, 0.4) is 0 Å².